The van der Waals surface area contributed by atoms with Gasteiger partial charge in [0.1, 0.15) is 12.2 Å². The first-order valence-electron chi connectivity index (χ1n) is 10.7. The molecule has 6 heteroatoms. The van der Waals surface area contributed by atoms with Crippen molar-refractivity contribution < 1.29 is 22.6 Å². The third-order valence-corrected chi connectivity index (χ3v) is 6.43. The number of ether oxygens (including phenoxy) is 2. The highest BCUT2D eigenvalue weighted by molar-refractivity contribution is 5.62. The summed E-state index contributed by atoms with van der Waals surface area (Å²) in [5, 5.41) is 0. The van der Waals surface area contributed by atoms with E-state index in [1.165, 1.54) is 12.1 Å². The second-order valence-corrected chi connectivity index (χ2v) is 8.39. The van der Waals surface area contributed by atoms with Gasteiger partial charge in [-0.3, -0.25) is 0 Å². The Kier molecular flexibility index (Phi) is 6.32. The van der Waals surface area contributed by atoms with Crippen molar-refractivity contribution in [1.82, 2.24) is 4.90 Å². The lowest BCUT2D eigenvalue weighted by Crippen LogP contribution is -2.49. The van der Waals surface area contributed by atoms with Crippen molar-refractivity contribution >= 4 is 5.70 Å². The van der Waals surface area contributed by atoms with Crippen LogP contribution in [0.5, 0.6) is 0 Å². The predicted molar refractivity (Wildman–Crippen MR) is 118 cm³/mol. The van der Waals surface area contributed by atoms with Gasteiger partial charge in [0.05, 0.1) is 18.8 Å². The van der Waals surface area contributed by atoms with E-state index in [9.17, 15) is 13.2 Å². The molecule has 0 radical (unpaired) electrons. The van der Waals surface area contributed by atoms with Crippen LogP contribution in [-0.4, -0.2) is 37.8 Å². The van der Waals surface area contributed by atoms with Gasteiger partial charge in [0, 0.05) is 18.8 Å². The minimum atomic E-state index is -4.30. The largest absolute Gasteiger partial charge is 0.416 e. The number of hydrogen-bond acceptors (Lipinski definition) is 3. The zero-order valence-corrected chi connectivity index (χ0v) is 17.8. The molecule has 0 saturated carbocycles. The summed E-state index contributed by atoms with van der Waals surface area (Å²) in [6.45, 7) is 7.14. The summed E-state index contributed by atoms with van der Waals surface area (Å²) < 4.78 is 49.6. The van der Waals surface area contributed by atoms with Crippen molar-refractivity contribution in [3.05, 3.63) is 77.4 Å². The molecule has 2 aromatic carbocycles. The zero-order chi connectivity index (χ0) is 22.8. The highest BCUT2D eigenvalue weighted by atomic mass is 19.4. The lowest BCUT2D eigenvalue weighted by atomic mass is 9.88. The number of likely N-dealkylation sites (tertiary alicyclic amines) is 1. The van der Waals surface area contributed by atoms with Gasteiger partial charge >= 0.3 is 6.18 Å². The van der Waals surface area contributed by atoms with E-state index in [4.69, 9.17) is 15.9 Å². The van der Waals surface area contributed by atoms with Crippen LogP contribution in [0.25, 0.3) is 5.70 Å². The van der Waals surface area contributed by atoms with Crippen LogP contribution in [0, 0.1) is 12.3 Å². The first kappa shape index (κ1) is 22.4. The molecule has 0 unspecified atom stereocenters. The Morgan fingerprint density at radius 3 is 2.22 bits per heavy atom. The molecule has 2 fully saturated rings. The minimum Gasteiger partial charge on any atom is -0.375 e. The van der Waals surface area contributed by atoms with Gasteiger partial charge in [0.15, 0.2) is 0 Å². The Labute approximate surface area is 186 Å². The van der Waals surface area contributed by atoms with Crippen LogP contribution in [-0.2, 0) is 21.3 Å². The molecule has 0 amide bonds. The van der Waals surface area contributed by atoms with Crippen molar-refractivity contribution in [2.75, 3.05) is 32.9 Å². The number of halogens is 3. The SMILES string of the molecule is C#CCOC1(c2ccc(C(=C)N3CCC(c4ccc(C(F)(F)F)cc4)CC3)cc2)COC1. The minimum absolute atomic E-state index is 0.242. The number of piperidine rings is 1. The Morgan fingerprint density at radius 2 is 1.72 bits per heavy atom. The number of nitrogens with zero attached hydrogens (tertiary/aromatic N) is 1. The maximum atomic E-state index is 12.8. The van der Waals surface area contributed by atoms with Crippen LogP contribution in [0.3, 0.4) is 0 Å². The maximum absolute atomic E-state index is 12.8. The van der Waals surface area contributed by atoms with E-state index in [0.29, 0.717) is 13.2 Å². The van der Waals surface area contributed by atoms with Crippen molar-refractivity contribution in [3.8, 4) is 12.3 Å². The first-order valence-corrected chi connectivity index (χ1v) is 10.7. The van der Waals surface area contributed by atoms with Gasteiger partial charge in [-0.1, -0.05) is 48.9 Å². The van der Waals surface area contributed by atoms with Gasteiger partial charge in [-0.25, -0.2) is 0 Å². The van der Waals surface area contributed by atoms with Crippen LogP contribution in [0.2, 0.25) is 0 Å². The molecular weight excluding hydrogens is 415 g/mol. The van der Waals surface area contributed by atoms with Crippen LogP contribution in [0.4, 0.5) is 13.2 Å². The quantitative estimate of drug-likeness (QED) is 0.558. The lowest BCUT2D eigenvalue weighted by molar-refractivity contribution is -0.210. The highest BCUT2D eigenvalue weighted by Crippen LogP contribution is 2.36. The van der Waals surface area contributed by atoms with Gasteiger partial charge in [-0.15, -0.1) is 6.42 Å². The fourth-order valence-electron chi connectivity index (χ4n) is 4.38. The summed E-state index contributed by atoms with van der Waals surface area (Å²) in [6, 6.07) is 13.7. The number of terminal acetylenes is 1. The normalized spacial score (nSPS) is 18.6. The second kappa shape index (κ2) is 9.01. The van der Waals surface area contributed by atoms with Crippen molar-refractivity contribution in [3.63, 3.8) is 0 Å². The van der Waals surface area contributed by atoms with Crippen LogP contribution in [0.1, 0.15) is 41.0 Å². The molecule has 2 aliphatic rings. The molecule has 3 nitrogen and oxygen atoms in total. The van der Waals surface area contributed by atoms with Crippen molar-refractivity contribution in [1.29, 1.82) is 0 Å². The van der Waals surface area contributed by atoms with E-state index >= 15 is 0 Å². The van der Waals surface area contributed by atoms with E-state index < -0.39 is 17.3 Å². The first-order chi connectivity index (χ1) is 15.3. The molecule has 0 spiro atoms. The number of rotatable bonds is 6. The molecular formula is C26H26F3NO2. The fraction of sp³-hybridized carbons (Fsp3) is 0.385. The second-order valence-electron chi connectivity index (χ2n) is 8.39. The third-order valence-electron chi connectivity index (χ3n) is 6.43. The van der Waals surface area contributed by atoms with E-state index in [2.05, 4.69) is 17.4 Å². The molecule has 0 atom stereocenters. The average molecular weight is 441 g/mol. The van der Waals surface area contributed by atoms with E-state index in [1.54, 1.807) is 12.1 Å². The molecule has 168 valence electrons. The van der Waals surface area contributed by atoms with Crippen molar-refractivity contribution in [2.45, 2.75) is 30.5 Å². The molecule has 0 bridgehead atoms. The fourth-order valence-corrected chi connectivity index (χ4v) is 4.38. The molecule has 32 heavy (non-hydrogen) atoms. The summed E-state index contributed by atoms with van der Waals surface area (Å²) in [7, 11) is 0. The van der Waals surface area contributed by atoms with Crippen LogP contribution < -0.4 is 0 Å². The standard InChI is InChI=1S/C26H26F3NO2/c1-3-16-32-25(17-31-18-25)23-8-4-20(5-9-23)19(2)30-14-12-22(13-15-30)21-6-10-24(11-7-21)26(27,28)29/h1,4-11,22H,2,12-18H2. The van der Waals surface area contributed by atoms with E-state index in [-0.39, 0.29) is 12.5 Å². The van der Waals surface area contributed by atoms with Gasteiger partial charge in [0.25, 0.3) is 0 Å². The highest BCUT2D eigenvalue weighted by Gasteiger charge is 2.41. The summed E-state index contributed by atoms with van der Waals surface area (Å²) in [4.78, 5) is 2.24. The summed E-state index contributed by atoms with van der Waals surface area (Å²) >= 11 is 0. The average Bonchev–Trinajstić information content (AvgIpc) is 2.78. The topological polar surface area (TPSA) is 21.7 Å². The number of alkyl halides is 3. The molecule has 2 saturated heterocycles. The monoisotopic (exact) mass is 441 g/mol. The van der Waals surface area contributed by atoms with Crippen LogP contribution in [0.15, 0.2) is 55.1 Å². The Hall–Kier alpha value is -2.75. The molecule has 2 heterocycles. The Bertz CT molecular complexity index is 978. The summed E-state index contributed by atoms with van der Waals surface area (Å²) in [5.41, 5.74) is 2.92. The molecule has 0 N–H and O–H groups in total. The molecule has 0 aromatic heterocycles. The molecule has 2 aliphatic heterocycles. The van der Waals surface area contributed by atoms with Gasteiger partial charge in [-0.2, -0.15) is 13.2 Å². The maximum Gasteiger partial charge on any atom is 0.416 e. The summed E-state index contributed by atoms with van der Waals surface area (Å²) in [5.74, 6) is 2.77. The van der Waals surface area contributed by atoms with E-state index in [1.807, 2.05) is 24.3 Å². The third kappa shape index (κ3) is 4.55. The zero-order valence-electron chi connectivity index (χ0n) is 17.8. The Balaban J connectivity index is 1.36. The predicted octanol–water partition coefficient (Wildman–Crippen LogP) is 5.43. The van der Waals surface area contributed by atoms with Crippen LogP contribution >= 0.6 is 0 Å². The van der Waals surface area contributed by atoms with Crippen molar-refractivity contribution in [2.24, 2.45) is 0 Å². The molecule has 4 rings (SSSR count). The lowest BCUT2D eigenvalue weighted by Gasteiger charge is -2.41. The number of hydrogen-bond donors (Lipinski definition) is 0. The van der Waals surface area contributed by atoms with Gasteiger partial charge in [0.2, 0.25) is 0 Å². The molecule has 0 aliphatic carbocycles. The van der Waals surface area contributed by atoms with Gasteiger partial charge < -0.3 is 14.4 Å². The smallest absolute Gasteiger partial charge is 0.375 e. The van der Waals surface area contributed by atoms with Gasteiger partial charge in [-0.05, 0) is 47.6 Å². The molecule has 2 aromatic rings. The summed E-state index contributed by atoms with van der Waals surface area (Å²) in [6.07, 6.45) is 2.79. The van der Waals surface area contributed by atoms with E-state index in [0.717, 1.165) is 48.3 Å². The Morgan fingerprint density at radius 1 is 1.09 bits per heavy atom. The number of benzene rings is 2.